The summed E-state index contributed by atoms with van der Waals surface area (Å²) < 4.78 is 26.2. The Balaban J connectivity index is 1.88. The SMILES string of the molecule is CC1=CCC[C@@H](C)[C@H]1CNCc1nccn1C(F)F. The van der Waals surface area contributed by atoms with Crippen molar-refractivity contribution >= 4 is 0 Å². The number of hydrogen-bond donors (Lipinski definition) is 1. The van der Waals surface area contributed by atoms with E-state index in [0.29, 0.717) is 24.2 Å². The molecule has 0 fully saturated rings. The van der Waals surface area contributed by atoms with Crippen LogP contribution < -0.4 is 5.32 Å². The van der Waals surface area contributed by atoms with Crippen LogP contribution in [0.15, 0.2) is 24.0 Å². The molecule has 0 bridgehead atoms. The van der Waals surface area contributed by atoms with Gasteiger partial charge in [0.2, 0.25) is 0 Å². The number of imidazole rings is 1. The van der Waals surface area contributed by atoms with Crippen LogP contribution in [0.4, 0.5) is 8.78 Å². The van der Waals surface area contributed by atoms with Gasteiger partial charge in [0.1, 0.15) is 5.82 Å². The summed E-state index contributed by atoms with van der Waals surface area (Å²) in [6.07, 6.45) is 7.37. The van der Waals surface area contributed by atoms with Crippen LogP contribution in [0.2, 0.25) is 0 Å². The lowest BCUT2D eigenvalue weighted by atomic mass is 9.80. The number of nitrogens with one attached hydrogen (secondary N) is 1. The van der Waals surface area contributed by atoms with E-state index in [9.17, 15) is 8.78 Å². The van der Waals surface area contributed by atoms with Gasteiger partial charge < -0.3 is 5.32 Å². The lowest BCUT2D eigenvalue weighted by Crippen LogP contribution is -2.30. The molecule has 0 aromatic carbocycles. The summed E-state index contributed by atoms with van der Waals surface area (Å²) in [6, 6.07) is 0. The van der Waals surface area contributed by atoms with E-state index in [4.69, 9.17) is 0 Å². The van der Waals surface area contributed by atoms with Crippen molar-refractivity contribution in [3.8, 4) is 0 Å². The number of rotatable bonds is 5. The van der Waals surface area contributed by atoms with Gasteiger partial charge in [-0.1, -0.05) is 18.6 Å². The maximum absolute atomic E-state index is 12.7. The van der Waals surface area contributed by atoms with Gasteiger partial charge in [-0.2, -0.15) is 8.78 Å². The van der Waals surface area contributed by atoms with Crippen molar-refractivity contribution in [2.45, 2.75) is 39.8 Å². The van der Waals surface area contributed by atoms with Crippen molar-refractivity contribution in [1.29, 1.82) is 0 Å². The van der Waals surface area contributed by atoms with E-state index in [1.54, 1.807) is 0 Å². The molecule has 2 rings (SSSR count). The molecule has 0 aliphatic heterocycles. The molecule has 1 heterocycles. The van der Waals surface area contributed by atoms with Crippen LogP contribution in [0, 0.1) is 11.8 Å². The third-order valence-electron chi connectivity index (χ3n) is 3.97. The summed E-state index contributed by atoms with van der Waals surface area (Å²) in [5.41, 5.74) is 1.41. The first-order valence-corrected chi connectivity index (χ1v) is 6.77. The molecule has 1 aliphatic rings. The van der Waals surface area contributed by atoms with Crippen LogP contribution >= 0.6 is 0 Å². The zero-order valence-electron chi connectivity index (χ0n) is 11.4. The van der Waals surface area contributed by atoms with E-state index in [-0.39, 0.29) is 0 Å². The van der Waals surface area contributed by atoms with Crippen LogP contribution in [0.25, 0.3) is 0 Å². The normalized spacial score (nSPS) is 23.7. The van der Waals surface area contributed by atoms with E-state index in [1.165, 1.54) is 24.4 Å². The highest BCUT2D eigenvalue weighted by molar-refractivity contribution is 5.09. The quantitative estimate of drug-likeness (QED) is 0.831. The molecule has 1 aromatic heterocycles. The lowest BCUT2D eigenvalue weighted by molar-refractivity contribution is 0.0665. The number of allylic oxidation sites excluding steroid dienone is 1. The molecule has 19 heavy (non-hydrogen) atoms. The highest BCUT2D eigenvalue weighted by Gasteiger charge is 2.21. The van der Waals surface area contributed by atoms with Crippen LogP contribution in [0.5, 0.6) is 0 Å². The van der Waals surface area contributed by atoms with E-state index in [2.05, 4.69) is 30.2 Å². The Morgan fingerprint density at radius 1 is 1.53 bits per heavy atom. The zero-order valence-corrected chi connectivity index (χ0v) is 11.4. The summed E-state index contributed by atoms with van der Waals surface area (Å²) in [7, 11) is 0. The molecule has 0 saturated carbocycles. The Morgan fingerprint density at radius 3 is 3.00 bits per heavy atom. The molecular formula is C14H21F2N3. The van der Waals surface area contributed by atoms with Gasteiger partial charge in [0.05, 0.1) is 6.54 Å². The van der Waals surface area contributed by atoms with E-state index in [1.807, 2.05) is 0 Å². The fraction of sp³-hybridized carbons (Fsp3) is 0.643. The Bertz CT molecular complexity index is 440. The Hall–Kier alpha value is -1.23. The van der Waals surface area contributed by atoms with Crippen LogP contribution in [0.3, 0.4) is 0 Å². The van der Waals surface area contributed by atoms with Gasteiger partial charge >= 0.3 is 6.55 Å². The predicted octanol–water partition coefficient (Wildman–Crippen LogP) is 3.36. The number of halogens is 2. The predicted molar refractivity (Wildman–Crippen MR) is 70.8 cm³/mol. The summed E-state index contributed by atoms with van der Waals surface area (Å²) in [5.74, 6) is 1.54. The smallest absolute Gasteiger partial charge is 0.309 e. The lowest BCUT2D eigenvalue weighted by Gasteiger charge is -2.29. The van der Waals surface area contributed by atoms with Crippen LogP contribution in [0.1, 0.15) is 39.1 Å². The average molecular weight is 269 g/mol. The molecule has 2 atom stereocenters. The Kier molecular flexibility index (Phi) is 4.69. The van der Waals surface area contributed by atoms with Gasteiger partial charge in [0, 0.05) is 18.9 Å². The van der Waals surface area contributed by atoms with Crippen molar-refractivity contribution < 1.29 is 8.78 Å². The maximum atomic E-state index is 12.7. The number of nitrogens with zero attached hydrogens (tertiary/aromatic N) is 2. The molecular weight excluding hydrogens is 248 g/mol. The monoisotopic (exact) mass is 269 g/mol. The minimum Gasteiger partial charge on any atom is -0.309 e. The van der Waals surface area contributed by atoms with Crippen molar-refractivity contribution in [2.24, 2.45) is 11.8 Å². The van der Waals surface area contributed by atoms with Gasteiger partial charge in [-0.15, -0.1) is 0 Å². The first kappa shape index (κ1) is 14.2. The molecule has 1 N–H and O–H groups in total. The molecule has 5 heteroatoms. The van der Waals surface area contributed by atoms with Crippen molar-refractivity contribution in [3.63, 3.8) is 0 Å². The number of alkyl halides is 2. The molecule has 3 nitrogen and oxygen atoms in total. The first-order valence-electron chi connectivity index (χ1n) is 6.77. The average Bonchev–Trinajstić information content (AvgIpc) is 2.81. The summed E-state index contributed by atoms with van der Waals surface area (Å²) in [4.78, 5) is 3.96. The van der Waals surface area contributed by atoms with Crippen molar-refractivity contribution in [1.82, 2.24) is 14.9 Å². The summed E-state index contributed by atoms with van der Waals surface area (Å²) in [5, 5.41) is 3.26. The second-order valence-electron chi connectivity index (χ2n) is 5.27. The fourth-order valence-electron chi connectivity index (χ4n) is 2.74. The van der Waals surface area contributed by atoms with E-state index in [0.717, 1.165) is 17.5 Å². The molecule has 0 radical (unpaired) electrons. The highest BCUT2D eigenvalue weighted by Crippen LogP contribution is 2.29. The fourth-order valence-corrected chi connectivity index (χ4v) is 2.74. The Morgan fingerprint density at radius 2 is 2.32 bits per heavy atom. The minimum absolute atomic E-state index is 0.383. The topological polar surface area (TPSA) is 29.9 Å². The molecule has 106 valence electrons. The van der Waals surface area contributed by atoms with E-state index < -0.39 is 6.55 Å². The van der Waals surface area contributed by atoms with Gasteiger partial charge in [0.25, 0.3) is 0 Å². The molecule has 0 saturated heterocycles. The zero-order chi connectivity index (χ0) is 13.8. The first-order chi connectivity index (χ1) is 9.09. The molecule has 0 amide bonds. The summed E-state index contributed by atoms with van der Waals surface area (Å²) >= 11 is 0. The van der Waals surface area contributed by atoms with Crippen LogP contribution in [-0.4, -0.2) is 16.1 Å². The highest BCUT2D eigenvalue weighted by atomic mass is 19.3. The largest absolute Gasteiger partial charge is 0.319 e. The second kappa shape index (κ2) is 6.28. The van der Waals surface area contributed by atoms with Crippen molar-refractivity contribution in [2.75, 3.05) is 6.54 Å². The Labute approximate surface area is 112 Å². The van der Waals surface area contributed by atoms with Gasteiger partial charge in [-0.3, -0.25) is 4.57 Å². The number of aromatic nitrogens is 2. The molecule has 1 aromatic rings. The number of hydrogen-bond acceptors (Lipinski definition) is 2. The second-order valence-corrected chi connectivity index (χ2v) is 5.27. The van der Waals surface area contributed by atoms with Gasteiger partial charge in [-0.25, -0.2) is 4.98 Å². The van der Waals surface area contributed by atoms with Gasteiger partial charge in [-0.05, 0) is 31.6 Å². The minimum atomic E-state index is -2.52. The summed E-state index contributed by atoms with van der Waals surface area (Å²) in [6.45, 7) is 3.09. The maximum Gasteiger partial charge on any atom is 0.319 e. The standard InChI is InChI=1S/C14H21F2N3/c1-10-4-3-5-11(2)12(10)8-17-9-13-18-6-7-19(13)14(15)16/h4,6-7,11-12,14,17H,3,5,8-9H2,1-2H3/t11-,12+/m1/s1. The third kappa shape index (κ3) is 3.41. The van der Waals surface area contributed by atoms with Crippen LogP contribution in [-0.2, 0) is 6.54 Å². The molecule has 1 aliphatic carbocycles. The van der Waals surface area contributed by atoms with Crippen molar-refractivity contribution in [3.05, 3.63) is 29.9 Å². The van der Waals surface area contributed by atoms with Gasteiger partial charge in [0.15, 0.2) is 0 Å². The molecule has 0 spiro atoms. The molecule has 0 unspecified atom stereocenters. The third-order valence-corrected chi connectivity index (χ3v) is 3.97. The van der Waals surface area contributed by atoms with E-state index >= 15 is 0 Å².